The first-order chi connectivity index (χ1) is 28.0. The largest absolute Gasteiger partial charge is 0.462 e. The molecule has 0 bridgehead atoms. The Balaban J connectivity index is 2.44. The van der Waals surface area contributed by atoms with Crippen molar-refractivity contribution < 1.29 is 56.8 Å². The van der Waals surface area contributed by atoms with E-state index >= 15 is 0 Å². The number of ether oxygens (including phenoxy) is 4. The first-order valence-corrected chi connectivity index (χ1v) is 24.9. The van der Waals surface area contributed by atoms with Crippen molar-refractivity contribution in [1.29, 1.82) is 0 Å². The van der Waals surface area contributed by atoms with Gasteiger partial charge in [-0.1, -0.05) is 167 Å². The maximum Gasteiger partial charge on any atom is 0.306 e. The van der Waals surface area contributed by atoms with Crippen LogP contribution < -0.4 is 0 Å². The Labute approximate surface area is 352 Å². The van der Waals surface area contributed by atoms with Gasteiger partial charge in [-0.15, -0.1) is 0 Å². The maximum absolute atomic E-state index is 12.8. The summed E-state index contributed by atoms with van der Waals surface area (Å²) >= 11 is 0. The van der Waals surface area contributed by atoms with Crippen molar-refractivity contribution >= 4 is 22.1 Å². The Morgan fingerprint density at radius 2 is 0.983 bits per heavy atom. The van der Waals surface area contributed by atoms with Crippen LogP contribution in [0.3, 0.4) is 0 Å². The lowest BCUT2D eigenvalue weighted by atomic mass is 10.00. The van der Waals surface area contributed by atoms with E-state index in [1.165, 1.54) is 128 Å². The molecule has 0 aromatic heterocycles. The lowest BCUT2D eigenvalue weighted by Gasteiger charge is -2.40. The summed E-state index contributed by atoms with van der Waals surface area (Å²) in [7, 11) is -4.60. The molecule has 1 aliphatic rings. The number of hydrogen-bond donors (Lipinski definition) is 4. The van der Waals surface area contributed by atoms with E-state index in [0.717, 1.165) is 38.5 Å². The third-order valence-electron chi connectivity index (χ3n) is 10.8. The predicted octanol–water partition coefficient (Wildman–Crippen LogP) is 9.45. The highest BCUT2D eigenvalue weighted by Gasteiger charge is 2.46. The van der Waals surface area contributed by atoms with Crippen LogP contribution in [-0.2, 0) is 38.7 Å². The normalized spacial score (nSPS) is 20.4. The molecule has 13 heteroatoms. The maximum atomic E-state index is 12.8. The Morgan fingerprint density at radius 1 is 0.569 bits per heavy atom. The van der Waals surface area contributed by atoms with E-state index in [2.05, 4.69) is 26.0 Å². The standard InChI is InChI=1S/C45H84O12S/c1-3-5-7-9-11-13-15-17-19-21-23-25-27-29-31-33-40(46)54-35-38(36-55-45-44(50)43(49)42(48)39(57-45)37-58(51,52)53)56-41(47)34-32-30-28-26-24-22-20-18-16-14-12-10-8-6-4-2/h23,25,38-39,42-45,48-50H,3-22,24,26-37H2,1-2H3,(H,51,52,53)/b25-23+/t38-,39-,42-,43?,44?,45+/m1/s1. The SMILES string of the molecule is CCCCCCCCCCC/C=C/CCCCC(=O)OC[C@H](CO[C@H]1O[C@H](CS(=O)(=O)O)[C@@H](O)C(O)C1O)OC(=O)CCCCCCCCCCCCCCCCC. The van der Waals surface area contributed by atoms with Crippen LogP contribution in [0.4, 0.5) is 0 Å². The molecule has 58 heavy (non-hydrogen) atoms. The molecule has 6 atom stereocenters. The Bertz CT molecular complexity index is 1130. The molecule has 1 saturated heterocycles. The molecule has 0 aromatic rings. The highest BCUT2D eigenvalue weighted by Crippen LogP contribution is 2.24. The average molecular weight is 849 g/mol. The molecular formula is C45H84O12S. The Hall–Kier alpha value is -1.61. The monoisotopic (exact) mass is 849 g/mol. The highest BCUT2D eigenvalue weighted by molar-refractivity contribution is 7.85. The summed E-state index contributed by atoms with van der Waals surface area (Å²) in [6.45, 7) is 3.76. The Kier molecular flexibility index (Phi) is 33.8. The van der Waals surface area contributed by atoms with Crippen molar-refractivity contribution in [3.8, 4) is 0 Å². The molecular weight excluding hydrogens is 765 g/mol. The lowest BCUT2D eigenvalue weighted by Crippen LogP contribution is -2.60. The second-order valence-electron chi connectivity index (χ2n) is 16.4. The molecule has 0 saturated carbocycles. The van der Waals surface area contributed by atoms with Crippen molar-refractivity contribution in [1.82, 2.24) is 0 Å². The van der Waals surface area contributed by atoms with Crippen LogP contribution in [-0.4, -0.2) is 96.0 Å². The molecule has 2 unspecified atom stereocenters. The van der Waals surface area contributed by atoms with Crippen molar-refractivity contribution in [3.63, 3.8) is 0 Å². The molecule has 0 aromatic carbocycles. The van der Waals surface area contributed by atoms with Crippen LogP contribution in [0.25, 0.3) is 0 Å². The van der Waals surface area contributed by atoms with Gasteiger partial charge in [-0.2, -0.15) is 8.42 Å². The molecule has 0 aliphatic carbocycles. The zero-order chi connectivity index (χ0) is 42.7. The summed E-state index contributed by atoms with van der Waals surface area (Å²) in [6.07, 6.45) is 28.3. The van der Waals surface area contributed by atoms with Gasteiger partial charge in [0.1, 0.15) is 36.8 Å². The average Bonchev–Trinajstić information content (AvgIpc) is 3.18. The number of rotatable bonds is 39. The van der Waals surface area contributed by atoms with Crippen LogP contribution in [0.2, 0.25) is 0 Å². The molecule has 1 fully saturated rings. The van der Waals surface area contributed by atoms with E-state index in [1.807, 2.05) is 0 Å². The smallest absolute Gasteiger partial charge is 0.306 e. The van der Waals surface area contributed by atoms with E-state index in [4.69, 9.17) is 18.9 Å². The van der Waals surface area contributed by atoms with Gasteiger partial charge in [-0.3, -0.25) is 14.1 Å². The summed E-state index contributed by atoms with van der Waals surface area (Å²) in [4.78, 5) is 25.4. The van der Waals surface area contributed by atoms with E-state index in [9.17, 15) is 37.9 Å². The fourth-order valence-corrected chi connectivity index (χ4v) is 7.89. The number of aliphatic hydroxyl groups excluding tert-OH is 3. The predicted molar refractivity (Wildman–Crippen MR) is 229 cm³/mol. The van der Waals surface area contributed by atoms with Crippen LogP contribution in [0.5, 0.6) is 0 Å². The molecule has 1 heterocycles. The third-order valence-corrected chi connectivity index (χ3v) is 11.6. The minimum absolute atomic E-state index is 0.166. The summed E-state index contributed by atoms with van der Waals surface area (Å²) in [5.41, 5.74) is 0. The van der Waals surface area contributed by atoms with Gasteiger partial charge in [-0.25, -0.2) is 0 Å². The molecule has 342 valence electrons. The van der Waals surface area contributed by atoms with Gasteiger partial charge in [0.2, 0.25) is 0 Å². The van der Waals surface area contributed by atoms with E-state index < -0.39 is 71.2 Å². The number of unbranched alkanes of at least 4 members (excludes halogenated alkanes) is 25. The zero-order valence-corrected chi connectivity index (χ0v) is 37.2. The zero-order valence-electron chi connectivity index (χ0n) is 36.4. The highest BCUT2D eigenvalue weighted by atomic mass is 32.2. The molecule has 0 amide bonds. The summed E-state index contributed by atoms with van der Waals surface area (Å²) < 4.78 is 54.0. The van der Waals surface area contributed by atoms with Crippen LogP contribution in [0, 0.1) is 0 Å². The van der Waals surface area contributed by atoms with Gasteiger partial charge in [0.05, 0.1) is 6.61 Å². The van der Waals surface area contributed by atoms with Gasteiger partial charge in [-0.05, 0) is 38.5 Å². The number of hydrogen-bond acceptors (Lipinski definition) is 11. The molecule has 0 spiro atoms. The number of esters is 2. The topological polar surface area (TPSA) is 186 Å². The van der Waals surface area contributed by atoms with Gasteiger partial charge in [0, 0.05) is 12.8 Å². The summed E-state index contributed by atoms with van der Waals surface area (Å²) in [6, 6.07) is 0. The van der Waals surface area contributed by atoms with E-state index in [-0.39, 0.29) is 19.4 Å². The van der Waals surface area contributed by atoms with Crippen molar-refractivity contribution in [2.45, 2.75) is 243 Å². The number of carbonyl (C=O) groups is 2. The fourth-order valence-electron chi connectivity index (χ4n) is 7.20. The van der Waals surface area contributed by atoms with Crippen LogP contribution in [0.1, 0.15) is 206 Å². The van der Waals surface area contributed by atoms with Gasteiger partial charge in [0.15, 0.2) is 12.4 Å². The first kappa shape index (κ1) is 54.4. The van der Waals surface area contributed by atoms with Crippen molar-refractivity contribution in [2.75, 3.05) is 19.0 Å². The van der Waals surface area contributed by atoms with E-state index in [0.29, 0.717) is 12.8 Å². The molecule has 4 N–H and O–H groups in total. The second kappa shape index (κ2) is 36.1. The summed E-state index contributed by atoms with van der Waals surface area (Å²) in [5.74, 6) is -2.00. The molecule has 1 aliphatic heterocycles. The Morgan fingerprint density at radius 3 is 1.47 bits per heavy atom. The number of carbonyl (C=O) groups excluding carboxylic acids is 2. The number of aliphatic hydroxyl groups is 3. The number of allylic oxidation sites excluding steroid dienone is 2. The van der Waals surface area contributed by atoms with Gasteiger partial charge < -0.3 is 34.3 Å². The van der Waals surface area contributed by atoms with Crippen LogP contribution in [0.15, 0.2) is 12.2 Å². The quantitative estimate of drug-likeness (QED) is 0.0199. The van der Waals surface area contributed by atoms with Crippen molar-refractivity contribution in [3.05, 3.63) is 12.2 Å². The minimum atomic E-state index is -4.60. The van der Waals surface area contributed by atoms with Crippen LogP contribution >= 0.6 is 0 Å². The minimum Gasteiger partial charge on any atom is -0.462 e. The third kappa shape index (κ3) is 30.4. The molecule has 12 nitrogen and oxygen atoms in total. The van der Waals surface area contributed by atoms with E-state index in [1.54, 1.807) is 0 Å². The summed E-state index contributed by atoms with van der Waals surface area (Å²) in [5, 5.41) is 30.9. The first-order valence-electron chi connectivity index (χ1n) is 23.2. The van der Waals surface area contributed by atoms with Gasteiger partial charge in [0.25, 0.3) is 10.1 Å². The fraction of sp³-hybridized carbons (Fsp3) is 0.911. The molecule has 0 radical (unpaired) electrons. The second-order valence-corrected chi connectivity index (χ2v) is 17.9. The molecule has 1 rings (SSSR count). The van der Waals surface area contributed by atoms with Gasteiger partial charge >= 0.3 is 11.9 Å². The lowest BCUT2D eigenvalue weighted by molar-refractivity contribution is -0.297. The van der Waals surface area contributed by atoms with Crippen molar-refractivity contribution in [2.24, 2.45) is 0 Å².